The van der Waals surface area contributed by atoms with Crippen LogP contribution in [0, 0.1) is 0 Å². The van der Waals surface area contributed by atoms with E-state index >= 15 is 0 Å². The summed E-state index contributed by atoms with van der Waals surface area (Å²) in [7, 11) is 0. The van der Waals surface area contributed by atoms with Gasteiger partial charge in [-0.3, -0.25) is 4.79 Å². The first kappa shape index (κ1) is 15.9. The quantitative estimate of drug-likeness (QED) is 0.847. The Balaban J connectivity index is 1.89. The highest BCUT2D eigenvalue weighted by atomic mass is 32.2. The molecule has 1 saturated heterocycles. The number of hydrogen-bond acceptors (Lipinski definition) is 3. The fraction of sp³-hybridized carbons (Fsp3) is 0.500. The number of urea groups is 1. The zero-order chi connectivity index (χ0) is 15.1. The minimum atomic E-state index is -0.00180. The second-order valence-electron chi connectivity index (χ2n) is 5.23. The van der Waals surface area contributed by atoms with Crippen LogP contribution in [0.4, 0.5) is 10.5 Å². The molecule has 2 amide bonds. The highest BCUT2D eigenvalue weighted by Crippen LogP contribution is 2.19. The van der Waals surface area contributed by atoms with Gasteiger partial charge in [-0.15, -0.1) is 0 Å². The second kappa shape index (κ2) is 8.08. The average Bonchev–Trinajstić information content (AvgIpc) is 2.99. The van der Waals surface area contributed by atoms with Crippen molar-refractivity contribution in [3.05, 3.63) is 29.8 Å². The highest BCUT2D eigenvalue weighted by molar-refractivity contribution is 8.13. The summed E-state index contributed by atoms with van der Waals surface area (Å²) in [5, 5.41) is 3.17. The van der Waals surface area contributed by atoms with Crippen LogP contribution in [0.3, 0.4) is 0 Å². The number of amides is 2. The van der Waals surface area contributed by atoms with E-state index in [2.05, 4.69) is 5.32 Å². The predicted octanol–water partition coefficient (Wildman–Crippen LogP) is 3.53. The van der Waals surface area contributed by atoms with Gasteiger partial charge in [-0.1, -0.05) is 30.0 Å². The summed E-state index contributed by atoms with van der Waals surface area (Å²) < 4.78 is 0. The van der Waals surface area contributed by atoms with Crippen molar-refractivity contribution in [1.82, 2.24) is 4.90 Å². The Morgan fingerprint density at radius 1 is 1.24 bits per heavy atom. The number of nitrogens with zero attached hydrogens (tertiary/aromatic N) is 1. The molecule has 5 heteroatoms. The third-order valence-electron chi connectivity index (χ3n) is 3.55. The Morgan fingerprint density at radius 3 is 2.67 bits per heavy atom. The molecule has 0 bridgehead atoms. The minimum absolute atomic E-state index is 0.00180. The zero-order valence-corrected chi connectivity index (χ0v) is 13.2. The van der Waals surface area contributed by atoms with Crippen molar-refractivity contribution >= 4 is 28.6 Å². The van der Waals surface area contributed by atoms with Gasteiger partial charge in [-0.05, 0) is 37.3 Å². The van der Waals surface area contributed by atoms with E-state index in [9.17, 15) is 9.59 Å². The van der Waals surface area contributed by atoms with E-state index in [0.717, 1.165) is 55.8 Å². The fourth-order valence-electron chi connectivity index (χ4n) is 2.45. The van der Waals surface area contributed by atoms with Crippen molar-refractivity contribution in [3.8, 4) is 0 Å². The van der Waals surface area contributed by atoms with E-state index < -0.39 is 0 Å². The van der Waals surface area contributed by atoms with E-state index in [4.69, 9.17) is 0 Å². The standard InChI is InChI=1S/C16H22N2O2S/c1-13(19)21-12-6-8-14-7-2-3-9-15(14)17-16(20)18-10-4-5-11-18/h2-3,7,9H,4-6,8,10-12H2,1H3,(H,17,20). The van der Waals surface area contributed by atoms with E-state index in [-0.39, 0.29) is 11.1 Å². The molecule has 1 aromatic rings. The van der Waals surface area contributed by atoms with E-state index in [1.165, 1.54) is 11.8 Å². The molecule has 1 heterocycles. The number of para-hydroxylation sites is 1. The van der Waals surface area contributed by atoms with Gasteiger partial charge in [0, 0.05) is 31.5 Å². The molecule has 21 heavy (non-hydrogen) atoms. The third kappa shape index (κ3) is 5.08. The lowest BCUT2D eigenvalue weighted by atomic mass is 10.1. The van der Waals surface area contributed by atoms with Crippen LogP contribution in [0.25, 0.3) is 0 Å². The van der Waals surface area contributed by atoms with Gasteiger partial charge >= 0.3 is 6.03 Å². The molecule has 0 radical (unpaired) electrons. The number of carbonyl (C=O) groups excluding carboxylic acids is 2. The minimum Gasteiger partial charge on any atom is -0.325 e. The maximum Gasteiger partial charge on any atom is 0.321 e. The zero-order valence-electron chi connectivity index (χ0n) is 12.4. The van der Waals surface area contributed by atoms with Crippen LogP contribution in [0.2, 0.25) is 0 Å². The first-order chi connectivity index (χ1) is 10.2. The van der Waals surface area contributed by atoms with Gasteiger partial charge in [-0.25, -0.2) is 4.79 Å². The molecule has 1 aromatic carbocycles. The summed E-state index contributed by atoms with van der Waals surface area (Å²) in [5.74, 6) is 0.823. The normalized spacial score (nSPS) is 14.2. The first-order valence-electron chi connectivity index (χ1n) is 7.44. The molecule has 0 atom stereocenters. The Kier molecular flexibility index (Phi) is 6.11. The van der Waals surface area contributed by atoms with E-state index in [1.807, 2.05) is 29.2 Å². The number of nitrogens with one attached hydrogen (secondary N) is 1. The van der Waals surface area contributed by atoms with Gasteiger partial charge in [0.2, 0.25) is 0 Å². The smallest absolute Gasteiger partial charge is 0.321 e. The third-order valence-corrected chi connectivity index (χ3v) is 4.45. The lowest BCUT2D eigenvalue weighted by Crippen LogP contribution is -2.32. The number of rotatable bonds is 5. The number of hydrogen-bond donors (Lipinski definition) is 1. The van der Waals surface area contributed by atoms with Crippen LogP contribution in [0.1, 0.15) is 31.7 Å². The molecule has 1 N–H and O–H groups in total. The summed E-state index contributed by atoms with van der Waals surface area (Å²) in [5.41, 5.74) is 2.02. The topological polar surface area (TPSA) is 49.4 Å². The van der Waals surface area contributed by atoms with Gasteiger partial charge in [0.25, 0.3) is 0 Å². The number of aryl methyl sites for hydroxylation is 1. The van der Waals surface area contributed by atoms with Crippen molar-refractivity contribution < 1.29 is 9.59 Å². The molecule has 0 aromatic heterocycles. The monoisotopic (exact) mass is 306 g/mol. The van der Waals surface area contributed by atoms with Gasteiger partial charge in [0.1, 0.15) is 0 Å². The molecule has 114 valence electrons. The van der Waals surface area contributed by atoms with Gasteiger partial charge < -0.3 is 10.2 Å². The number of benzene rings is 1. The van der Waals surface area contributed by atoms with Crippen molar-refractivity contribution in [3.63, 3.8) is 0 Å². The second-order valence-corrected chi connectivity index (χ2v) is 6.50. The molecule has 1 aliphatic rings. The molecule has 1 aliphatic heterocycles. The molecule has 1 fully saturated rings. The SMILES string of the molecule is CC(=O)SCCCc1ccccc1NC(=O)N1CCCC1. The molecular weight excluding hydrogens is 284 g/mol. The lowest BCUT2D eigenvalue weighted by Gasteiger charge is -2.18. The van der Waals surface area contributed by atoms with Gasteiger partial charge in [-0.2, -0.15) is 0 Å². The molecule has 0 spiro atoms. The van der Waals surface area contributed by atoms with Gasteiger partial charge in [0.05, 0.1) is 0 Å². The van der Waals surface area contributed by atoms with E-state index in [1.54, 1.807) is 6.92 Å². The highest BCUT2D eigenvalue weighted by Gasteiger charge is 2.18. The molecule has 2 rings (SSSR count). The maximum atomic E-state index is 12.2. The molecule has 4 nitrogen and oxygen atoms in total. The molecule has 0 aliphatic carbocycles. The number of thioether (sulfide) groups is 1. The number of anilines is 1. The maximum absolute atomic E-state index is 12.2. The summed E-state index contributed by atoms with van der Waals surface area (Å²) >= 11 is 1.36. The molecule has 0 saturated carbocycles. The van der Waals surface area contributed by atoms with Crippen LogP contribution in [0.5, 0.6) is 0 Å². The summed E-state index contributed by atoms with van der Waals surface area (Å²) in [6.45, 7) is 3.29. The molecule has 0 unspecified atom stereocenters. The van der Waals surface area contributed by atoms with Crippen molar-refractivity contribution in [2.45, 2.75) is 32.6 Å². The number of likely N-dealkylation sites (tertiary alicyclic amines) is 1. The number of carbonyl (C=O) groups is 2. The Bertz CT molecular complexity index is 499. The van der Waals surface area contributed by atoms with E-state index in [0.29, 0.717) is 0 Å². The van der Waals surface area contributed by atoms with Crippen molar-refractivity contribution in [2.75, 3.05) is 24.2 Å². The van der Waals surface area contributed by atoms with Crippen molar-refractivity contribution in [2.24, 2.45) is 0 Å². The van der Waals surface area contributed by atoms with Crippen LogP contribution in [-0.2, 0) is 11.2 Å². The molecular formula is C16H22N2O2S. The summed E-state index contributed by atoms with van der Waals surface area (Å²) in [4.78, 5) is 24.9. The van der Waals surface area contributed by atoms with Gasteiger partial charge in [0.15, 0.2) is 5.12 Å². The lowest BCUT2D eigenvalue weighted by molar-refractivity contribution is -0.109. The predicted molar refractivity (Wildman–Crippen MR) is 87.7 cm³/mol. The van der Waals surface area contributed by atoms with Crippen molar-refractivity contribution in [1.29, 1.82) is 0 Å². The first-order valence-corrected chi connectivity index (χ1v) is 8.42. The van der Waals surface area contributed by atoms with Crippen LogP contribution in [-0.4, -0.2) is 34.9 Å². The fourth-order valence-corrected chi connectivity index (χ4v) is 3.03. The summed E-state index contributed by atoms with van der Waals surface area (Å²) in [6.07, 6.45) is 3.99. The largest absolute Gasteiger partial charge is 0.325 e. The Labute approximate surface area is 130 Å². The van der Waals surface area contributed by atoms with Crippen LogP contribution < -0.4 is 5.32 Å². The van der Waals surface area contributed by atoms with Crippen LogP contribution in [0.15, 0.2) is 24.3 Å². The Morgan fingerprint density at radius 2 is 1.95 bits per heavy atom. The average molecular weight is 306 g/mol. The summed E-state index contributed by atoms with van der Waals surface area (Å²) in [6, 6.07) is 7.91. The Hall–Kier alpha value is -1.49. The van der Waals surface area contributed by atoms with Crippen LogP contribution >= 0.6 is 11.8 Å².